The fourth-order valence-electron chi connectivity index (χ4n) is 2.86. The molecule has 1 N–H and O–H groups in total. The zero-order valence-corrected chi connectivity index (χ0v) is 17.7. The van der Waals surface area contributed by atoms with Crippen molar-refractivity contribution in [2.24, 2.45) is 7.05 Å². The first-order valence-electron chi connectivity index (χ1n) is 8.23. The lowest BCUT2D eigenvalue weighted by molar-refractivity contribution is -0.116. The van der Waals surface area contributed by atoms with Crippen LogP contribution in [0.25, 0.3) is 10.2 Å². The van der Waals surface area contributed by atoms with E-state index in [1.165, 1.54) is 11.5 Å². The lowest BCUT2D eigenvalue weighted by Crippen LogP contribution is -2.45. The van der Waals surface area contributed by atoms with Gasteiger partial charge in [-0.25, -0.2) is 8.42 Å². The minimum Gasteiger partial charge on any atom is -0.324 e. The van der Waals surface area contributed by atoms with Gasteiger partial charge in [0.15, 0.2) is 0 Å². The molecule has 10 heteroatoms. The number of hydrogen-bond acceptors (Lipinski definition) is 5. The molecule has 1 heterocycles. The number of nitrogens with zero attached hydrogens (tertiary/aromatic N) is 2. The molecule has 0 radical (unpaired) electrons. The van der Waals surface area contributed by atoms with E-state index in [1.807, 2.05) is 0 Å². The van der Waals surface area contributed by atoms with Gasteiger partial charge in [-0.05, 0) is 49.4 Å². The Balaban J connectivity index is 1.89. The molecule has 0 fully saturated rings. The highest BCUT2D eigenvalue weighted by Gasteiger charge is 2.29. The van der Waals surface area contributed by atoms with Gasteiger partial charge in [-0.3, -0.25) is 13.9 Å². The van der Waals surface area contributed by atoms with Gasteiger partial charge in [0.1, 0.15) is 6.04 Å². The molecule has 1 atom stereocenters. The SMILES string of the molecule is C[C@@H](C(=O)Nc1ccc2c(c1)sc(=O)n2C)N(c1ccc(Cl)cc1)S(C)(=O)=O. The number of rotatable bonds is 5. The van der Waals surface area contributed by atoms with Crippen molar-refractivity contribution in [2.75, 3.05) is 15.9 Å². The molecule has 7 nitrogen and oxygen atoms in total. The van der Waals surface area contributed by atoms with E-state index < -0.39 is 22.0 Å². The van der Waals surface area contributed by atoms with Gasteiger partial charge in [0.2, 0.25) is 15.9 Å². The van der Waals surface area contributed by atoms with Crippen LogP contribution in [0.5, 0.6) is 0 Å². The molecule has 1 amide bonds. The molecule has 2 aromatic carbocycles. The lowest BCUT2D eigenvalue weighted by atomic mass is 10.2. The molecule has 0 aliphatic rings. The Morgan fingerprint density at radius 2 is 1.86 bits per heavy atom. The molecular formula is C18H18ClN3O4S2. The summed E-state index contributed by atoms with van der Waals surface area (Å²) >= 11 is 6.94. The van der Waals surface area contributed by atoms with Crippen molar-refractivity contribution in [3.63, 3.8) is 0 Å². The van der Waals surface area contributed by atoms with E-state index >= 15 is 0 Å². The molecular weight excluding hydrogens is 422 g/mol. The monoisotopic (exact) mass is 439 g/mol. The van der Waals surface area contributed by atoms with Crippen LogP contribution in [0.1, 0.15) is 6.92 Å². The van der Waals surface area contributed by atoms with Crippen LogP contribution in [0, 0.1) is 0 Å². The van der Waals surface area contributed by atoms with E-state index in [9.17, 15) is 18.0 Å². The number of benzene rings is 2. The van der Waals surface area contributed by atoms with Gasteiger partial charge in [-0.2, -0.15) is 0 Å². The minimum absolute atomic E-state index is 0.0992. The third kappa shape index (κ3) is 4.06. The van der Waals surface area contributed by atoms with E-state index in [-0.39, 0.29) is 4.87 Å². The molecule has 0 aliphatic carbocycles. The topological polar surface area (TPSA) is 88.5 Å². The van der Waals surface area contributed by atoms with E-state index in [4.69, 9.17) is 11.6 Å². The summed E-state index contributed by atoms with van der Waals surface area (Å²) in [6.07, 6.45) is 1.04. The highest BCUT2D eigenvalue weighted by atomic mass is 35.5. The zero-order chi connectivity index (χ0) is 20.6. The fourth-order valence-corrected chi connectivity index (χ4v) is 5.07. The summed E-state index contributed by atoms with van der Waals surface area (Å²) in [6.45, 7) is 1.50. The Kier molecular flexibility index (Phi) is 5.51. The zero-order valence-electron chi connectivity index (χ0n) is 15.3. The van der Waals surface area contributed by atoms with Gasteiger partial charge in [0.05, 0.1) is 22.2 Å². The number of halogens is 1. The number of carbonyl (C=O) groups is 1. The van der Waals surface area contributed by atoms with Crippen LogP contribution < -0.4 is 14.5 Å². The lowest BCUT2D eigenvalue weighted by Gasteiger charge is -2.28. The van der Waals surface area contributed by atoms with Crippen LogP contribution in [0.15, 0.2) is 47.3 Å². The number of thiazole rings is 1. The molecule has 0 spiro atoms. The van der Waals surface area contributed by atoms with Crippen LogP contribution in [-0.2, 0) is 21.9 Å². The summed E-state index contributed by atoms with van der Waals surface area (Å²) in [5.41, 5.74) is 1.59. The van der Waals surface area contributed by atoms with E-state index in [0.29, 0.717) is 16.4 Å². The van der Waals surface area contributed by atoms with Crippen molar-refractivity contribution in [2.45, 2.75) is 13.0 Å². The Hall–Kier alpha value is -2.36. The summed E-state index contributed by atoms with van der Waals surface area (Å²) in [5.74, 6) is -0.497. The number of carbonyl (C=O) groups excluding carboxylic acids is 1. The summed E-state index contributed by atoms with van der Waals surface area (Å²) < 4.78 is 27.9. The number of aromatic nitrogens is 1. The molecule has 3 aromatic rings. The first-order valence-corrected chi connectivity index (χ1v) is 11.3. The molecule has 0 bridgehead atoms. The average molecular weight is 440 g/mol. The molecule has 3 rings (SSSR count). The molecule has 0 saturated heterocycles. The third-order valence-electron chi connectivity index (χ3n) is 4.23. The summed E-state index contributed by atoms with van der Waals surface area (Å²) in [5, 5.41) is 3.18. The number of nitrogens with one attached hydrogen (secondary N) is 1. The number of amides is 1. The molecule has 148 valence electrons. The van der Waals surface area contributed by atoms with Gasteiger partial charge in [0.25, 0.3) is 0 Å². The van der Waals surface area contributed by atoms with Crippen LogP contribution in [-0.4, -0.2) is 31.2 Å². The number of hydrogen-bond donors (Lipinski definition) is 1. The maximum Gasteiger partial charge on any atom is 0.307 e. The maximum atomic E-state index is 12.7. The van der Waals surface area contributed by atoms with Crippen LogP contribution in [0.3, 0.4) is 0 Å². The summed E-state index contributed by atoms with van der Waals surface area (Å²) in [4.78, 5) is 24.4. The molecule has 0 unspecified atom stereocenters. The predicted molar refractivity (Wildman–Crippen MR) is 114 cm³/mol. The Bertz CT molecular complexity index is 1200. The molecule has 1 aromatic heterocycles. The molecule has 28 heavy (non-hydrogen) atoms. The first-order chi connectivity index (χ1) is 13.1. The normalized spacial score (nSPS) is 12.7. The van der Waals surface area contributed by atoms with Crippen LogP contribution in [0.4, 0.5) is 11.4 Å². The van der Waals surface area contributed by atoms with E-state index in [1.54, 1.807) is 49.5 Å². The van der Waals surface area contributed by atoms with Crippen LogP contribution >= 0.6 is 22.9 Å². The van der Waals surface area contributed by atoms with E-state index in [2.05, 4.69) is 5.32 Å². The average Bonchev–Trinajstić information content (AvgIpc) is 2.89. The Morgan fingerprint density at radius 1 is 1.21 bits per heavy atom. The second-order valence-corrected chi connectivity index (χ2v) is 9.60. The van der Waals surface area contributed by atoms with Gasteiger partial charge < -0.3 is 9.88 Å². The largest absolute Gasteiger partial charge is 0.324 e. The second-order valence-electron chi connectivity index (χ2n) is 6.31. The maximum absolute atomic E-state index is 12.7. The van der Waals surface area contributed by atoms with Crippen molar-refractivity contribution < 1.29 is 13.2 Å². The van der Waals surface area contributed by atoms with Gasteiger partial charge in [-0.1, -0.05) is 22.9 Å². The standard InChI is InChI=1S/C18H18ClN3O4S2/c1-11(22(28(3,25)26)14-7-4-12(19)5-8-14)17(23)20-13-6-9-15-16(10-13)27-18(24)21(15)2/h4-11H,1-3H3,(H,20,23)/t11-/m0/s1. The number of fused-ring (bicyclic) bond motifs is 1. The fraction of sp³-hybridized carbons (Fsp3) is 0.222. The van der Waals surface area contributed by atoms with Crippen molar-refractivity contribution >= 4 is 60.5 Å². The van der Waals surface area contributed by atoms with Gasteiger partial charge in [0, 0.05) is 17.8 Å². The quantitative estimate of drug-likeness (QED) is 0.661. The minimum atomic E-state index is -3.72. The number of sulfonamides is 1. The van der Waals surface area contributed by atoms with Gasteiger partial charge in [-0.15, -0.1) is 0 Å². The molecule has 0 saturated carbocycles. The summed E-state index contributed by atoms with van der Waals surface area (Å²) in [7, 11) is -2.04. The van der Waals surface area contributed by atoms with Crippen molar-refractivity contribution in [1.29, 1.82) is 0 Å². The van der Waals surface area contributed by atoms with Gasteiger partial charge >= 0.3 is 4.87 Å². The third-order valence-corrected chi connectivity index (χ3v) is 6.72. The smallest absolute Gasteiger partial charge is 0.307 e. The second kappa shape index (κ2) is 7.57. The highest BCUT2D eigenvalue weighted by Crippen LogP contribution is 2.25. The summed E-state index contributed by atoms with van der Waals surface area (Å²) in [6, 6.07) is 10.3. The number of aryl methyl sites for hydroxylation is 1. The predicted octanol–water partition coefficient (Wildman–Crippen LogP) is 3.05. The van der Waals surface area contributed by atoms with E-state index in [0.717, 1.165) is 32.1 Å². The van der Waals surface area contributed by atoms with Crippen molar-refractivity contribution in [3.05, 3.63) is 57.2 Å². The molecule has 0 aliphatic heterocycles. The highest BCUT2D eigenvalue weighted by molar-refractivity contribution is 7.92. The number of anilines is 2. The Morgan fingerprint density at radius 3 is 2.46 bits per heavy atom. The van der Waals surface area contributed by atoms with Crippen LogP contribution in [0.2, 0.25) is 5.02 Å². The Labute approximate surface area is 171 Å². The first kappa shape index (κ1) is 20.4. The van der Waals surface area contributed by atoms with Crippen molar-refractivity contribution in [3.8, 4) is 0 Å². The van der Waals surface area contributed by atoms with Crippen molar-refractivity contribution in [1.82, 2.24) is 4.57 Å².